The topological polar surface area (TPSA) is 23.8 Å². The molecule has 0 unspecified atom stereocenters. The highest BCUT2D eigenvalue weighted by atomic mass is 32.2. The molecule has 0 spiro atoms. The predicted octanol–water partition coefficient (Wildman–Crippen LogP) is 6.21. The quantitative estimate of drug-likeness (QED) is 0.420. The third-order valence-corrected chi connectivity index (χ3v) is 4.77. The molecular formula is C22H17NS. The summed E-state index contributed by atoms with van der Waals surface area (Å²) in [6, 6.07) is 28.8. The molecule has 0 fully saturated rings. The average molecular weight is 327 g/mol. The Morgan fingerprint density at radius 1 is 0.875 bits per heavy atom. The van der Waals surface area contributed by atoms with Crippen LogP contribution in [0.4, 0.5) is 0 Å². The summed E-state index contributed by atoms with van der Waals surface area (Å²) in [7, 11) is 0. The summed E-state index contributed by atoms with van der Waals surface area (Å²) in [5, 5.41) is 9.57. The van der Waals surface area contributed by atoms with Crippen molar-refractivity contribution in [3.63, 3.8) is 0 Å². The van der Waals surface area contributed by atoms with Crippen LogP contribution >= 0.6 is 11.8 Å². The van der Waals surface area contributed by atoms with E-state index in [-0.39, 0.29) is 0 Å². The minimum atomic E-state index is 0.677. The van der Waals surface area contributed by atoms with E-state index in [4.69, 9.17) is 0 Å². The fourth-order valence-corrected chi connectivity index (χ4v) is 3.32. The molecule has 0 aliphatic carbocycles. The van der Waals surface area contributed by atoms with Crippen molar-refractivity contribution in [3.05, 3.63) is 95.6 Å². The van der Waals surface area contributed by atoms with E-state index in [1.165, 1.54) is 10.5 Å². The Bertz CT molecular complexity index is 887. The van der Waals surface area contributed by atoms with Crippen LogP contribution in [0.25, 0.3) is 11.6 Å². The lowest BCUT2D eigenvalue weighted by molar-refractivity contribution is 1.38. The highest BCUT2D eigenvalue weighted by Gasteiger charge is 2.05. The van der Waals surface area contributed by atoms with Crippen molar-refractivity contribution in [2.45, 2.75) is 16.7 Å². The first kappa shape index (κ1) is 16.1. The highest BCUT2D eigenvalue weighted by molar-refractivity contribution is 7.99. The zero-order chi connectivity index (χ0) is 16.8. The van der Waals surface area contributed by atoms with Gasteiger partial charge in [-0.15, -0.1) is 0 Å². The van der Waals surface area contributed by atoms with Crippen LogP contribution in [0.1, 0.15) is 16.7 Å². The number of allylic oxidation sites excluding steroid dienone is 1. The number of aryl methyl sites for hydroxylation is 1. The van der Waals surface area contributed by atoms with E-state index in [1.54, 1.807) is 11.8 Å². The van der Waals surface area contributed by atoms with Gasteiger partial charge in [0.25, 0.3) is 0 Å². The van der Waals surface area contributed by atoms with Gasteiger partial charge >= 0.3 is 0 Å². The standard InChI is InChI=1S/C22H17NS/c1-17-11-13-18(14-12-17)20(16-23)15-19-7-5-6-10-22(19)24-21-8-3-2-4-9-21/h2-15H,1H3/b20-15+. The van der Waals surface area contributed by atoms with E-state index in [1.807, 2.05) is 67.6 Å². The zero-order valence-electron chi connectivity index (χ0n) is 13.4. The van der Waals surface area contributed by atoms with Crippen LogP contribution in [0.5, 0.6) is 0 Å². The summed E-state index contributed by atoms with van der Waals surface area (Å²) in [5.74, 6) is 0. The van der Waals surface area contributed by atoms with E-state index in [2.05, 4.69) is 30.3 Å². The van der Waals surface area contributed by atoms with Gasteiger partial charge in [-0.1, -0.05) is 78.0 Å². The predicted molar refractivity (Wildman–Crippen MR) is 102 cm³/mol. The molecule has 0 saturated carbocycles. The fraction of sp³-hybridized carbons (Fsp3) is 0.0455. The minimum Gasteiger partial charge on any atom is -0.192 e. The van der Waals surface area contributed by atoms with Gasteiger partial charge in [0.2, 0.25) is 0 Å². The van der Waals surface area contributed by atoms with Crippen LogP contribution in [-0.2, 0) is 0 Å². The largest absolute Gasteiger partial charge is 0.192 e. The van der Waals surface area contributed by atoms with Crippen molar-refractivity contribution in [2.75, 3.05) is 0 Å². The van der Waals surface area contributed by atoms with Gasteiger partial charge in [-0.3, -0.25) is 0 Å². The van der Waals surface area contributed by atoms with Crippen LogP contribution in [-0.4, -0.2) is 0 Å². The molecular weight excluding hydrogens is 310 g/mol. The van der Waals surface area contributed by atoms with Gasteiger partial charge in [-0.2, -0.15) is 5.26 Å². The van der Waals surface area contributed by atoms with E-state index >= 15 is 0 Å². The Morgan fingerprint density at radius 3 is 2.25 bits per heavy atom. The van der Waals surface area contributed by atoms with E-state index in [0.29, 0.717) is 5.57 Å². The maximum Gasteiger partial charge on any atom is 0.0998 e. The van der Waals surface area contributed by atoms with E-state index < -0.39 is 0 Å². The van der Waals surface area contributed by atoms with Gasteiger partial charge in [0.15, 0.2) is 0 Å². The third-order valence-electron chi connectivity index (χ3n) is 3.67. The van der Waals surface area contributed by atoms with Crippen molar-refractivity contribution in [1.82, 2.24) is 0 Å². The molecule has 2 heteroatoms. The Hall–Kier alpha value is -2.76. The van der Waals surface area contributed by atoms with Crippen molar-refractivity contribution in [3.8, 4) is 6.07 Å². The maximum atomic E-state index is 9.57. The number of hydrogen-bond donors (Lipinski definition) is 0. The zero-order valence-corrected chi connectivity index (χ0v) is 14.3. The second-order valence-electron chi connectivity index (χ2n) is 5.49. The molecule has 3 aromatic rings. The minimum absolute atomic E-state index is 0.677. The van der Waals surface area contributed by atoms with Gasteiger partial charge in [-0.05, 0) is 42.3 Å². The lowest BCUT2D eigenvalue weighted by Gasteiger charge is -2.07. The molecule has 0 N–H and O–H groups in total. The average Bonchev–Trinajstić information content (AvgIpc) is 2.63. The second kappa shape index (κ2) is 7.68. The summed E-state index contributed by atoms with van der Waals surface area (Å²) >= 11 is 1.71. The Labute approximate surface area is 147 Å². The molecule has 0 aliphatic heterocycles. The molecule has 0 radical (unpaired) electrons. The first-order valence-electron chi connectivity index (χ1n) is 7.77. The van der Waals surface area contributed by atoms with Crippen LogP contribution in [0.3, 0.4) is 0 Å². The smallest absolute Gasteiger partial charge is 0.0998 e. The van der Waals surface area contributed by atoms with Crippen molar-refractivity contribution >= 4 is 23.4 Å². The summed E-state index contributed by atoms with van der Waals surface area (Å²) in [6.45, 7) is 2.05. The summed E-state index contributed by atoms with van der Waals surface area (Å²) in [5.41, 5.74) is 3.87. The van der Waals surface area contributed by atoms with Crippen LogP contribution in [0.2, 0.25) is 0 Å². The maximum absolute atomic E-state index is 9.57. The molecule has 0 saturated heterocycles. The molecule has 1 nitrogen and oxygen atoms in total. The van der Waals surface area contributed by atoms with Crippen molar-refractivity contribution in [2.24, 2.45) is 0 Å². The number of nitriles is 1. The molecule has 3 aromatic carbocycles. The molecule has 0 aromatic heterocycles. The van der Waals surface area contributed by atoms with Crippen LogP contribution in [0, 0.1) is 18.3 Å². The third kappa shape index (κ3) is 3.95. The van der Waals surface area contributed by atoms with E-state index in [9.17, 15) is 5.26 Å². The van der Waals surface area contributed by atoms with Crippen LogP contribution in [0.15, 0.2) is 88.7 Å². The van der Waals surface area contributed by atoms with Crippen molar-refractivity contribution < 1.29 is 0 Å². The van der Waals surface area contributed by atoms with Gasteiger partial charge in [0, 0.05) is 9.79 Å². The van der Waals surface area contributed by atoms with Gasteiger partial charge in [-0.25, -0.2) is 0 Å². The molecule has 0 amide bonds. The number of nitrogens with zero attached hydrogens (tertiary/aromatic N) is 1. The number of benzene rings is 3. The fourth-order valence-electron chi connectivity index (χ4n) is 2.38. The summed E-state index contributed by atoms with van der Waals surface area (Å²) in [6.07, 6.45) is 1.97. The Kier molecular flexibility index (Phi) is 5.15. The van der Waals surface area contributed by atoms with Gasteiger partial charge < -0.3 is 0 Å². The van der Waals surface area contributed by atoms with Gasteiger partial charge in [0.05, 0.1) is 11.6 Å². The lowest BCUT2D eigenvalue weighted by Crippen LogP contribution is -1.85. The molecule has 24 heavy (non-hydrogen) atoms. The highest BCUT2D eigenvalue weighted by Crippen LogP contribution is 2.32. The molecule has 0 atom stereocenters. The molecule has 0 heterocycles. The Morgan fingerprint density at radius 2 is 1.54 bits per heavy atom. The number of rotatable bonds is 4. The molecule has 0 aliphatic rings. The second-order valence-corrected chi connectivity index (χ2v) is 6.60. The molecule has 116 valence electrons. The van der Waals surface area contributed by atoms with Gasteiger partial charge in [0.1, 0.15) is 0 Å². The van der Waals surface area contributed by atoms with Crippen molar-refractivity contribution in [1.29, 1.82) is 5.26 Å². The van der Waals surface area contributed by atoms with E-state index in [0.717, 1.165) is 16.0 Å². The number of hydrogen-bond acceptors (Lipinski definition) is 2. The Balaban J connectivity index is 1.97. The first-order chi connectivity index (χ1) is 11.8. The summed E-state index contributed by atoms with van der Waals surface area (Å²) in [4.78, 5) is 2.33. The lowest BCUT2D eigenvalue weighted by atomic mass is 10.0. The normalized spacial score (nSPS) is 11.1. The summed E-state index contributed by atoms with van der Waals surface area (Å²) < 4.78 is 0. The first-order valence-corrected chi connectivity index (χ1v) is 8.59. The SMILES string of the molecule is Cc1ccc(/C(C#N)=C/c2ccccc2Sc2ccccc2)cc1. The molecule has 3 rings (SSSR count). The molecule has 0 bridgehead atoms. The monoisotopic (exact) mass is 327 g/mol. The van der Waals surface area contributed by atoms with Crippen LogP contribution < -0.4 is 0 Å².